The van der Waals surface area contributed by atoms with Crippen molar-refractivity contribution in [3.05, 3.63) is 368 Å². The molecule has 479 valence electrons. The summed E-state index contributed by atoms with van der Waals surface area (Å²) in [5.74, 6) is 0.665. The molecule has 0 atom stereocenters. The molecule has 102 heavy (non-hydrogen) atoms. The van der Waals surface area contributed by atoms with Gasteiger partial charge in [-0.2, -0.15) is 0 Å². The summed E-state index contributed by atoms with van der Waals surface area (Å²) in [6.07, 6.45) is 0. The fraction of sp³-hybridized carbons (Fsp3) is 0. The van der Waals surface area contributed by atoms with Crippen LogP contribution < -0.4 is 4.65 Å². The maximum Gasteiger partial charge on any atom is 0.569 e. The fourth-order valence-electron chi connectivity index (χ4n) is 15.2. The Morgan fingerprint density at radius 1 is 0.235 bits per heavy atom. The Morgan fingerprint density at radius 2 is 0.539 bits per heavy atom. The van der Waals surface area contributed by atoms with Crippen molar-refractivity contribution in [2.75, 3.05) is 0 Å². The van der Waals surface area contributed by atoms with Crippen LogP contribution in [0.25, 0.3) is 183 Å². The second-order valence-electron chi connectivity index (χ2n) is 25.8. The average molecular weight is 1400 g/mol. The number of thiophene rings is 2. The molecule has 0 unspecified atom stereocenters. The molecule has 0 saturated carbocycles. The van der Waals surface area contributed by atoms with E-state index in [0.29, 0.717) is 5.75 Å². The first kappa shape index (κ1) is 62.5. The Labute approximate surface area is 608 Å². The summed E-state index contributed by atoms with van der Waals surface area (Å²) in [5, 5.41) is 29.0. The van der Waals surface area contributed by atoms with Gasteiger partial charge in [-0.25, -0.2) is 0 Å². The normalized spacial score (nSPS) is 11.4. The molecule has 0 aliphatic rings. The zero-order chi connectivity index (χ0) is 68.0. The summed E-state index contributed by atoms with van der Waals surface area (Å²) in [6, 6.07) is 131. The second-order valence-corrected chi connectivity index (χ2v) is 28.8. The Morgan fingerprint density at radius 3 is 0.961 bits per heavy atom. The minimum Gasteiger partial charge on any atom is -0.537 e. The standard InChI is InChI=1S/C48H30S.C30H20BO2.C18H11BrS/c1-2-13-32-28-34(27-26-31(32)12-1)33-14-9-16-36(29-33)46-40-19-3-5-21-42(40)47(43-22-6-4-20-41(43)46)37-17-10-15-35(30-37)38-23-11-24-44-39-18-7-8-25-45(39)49-48(38)44;32-31-33-30-27-14-5-3-12-25(27)29(26-13-4-6-15-28(26)30)24-11-7-10-22(19-24)23-17-16-20-8-1-2-9-21(20)18-23;19-13-6-3-5-12(11-13)14-8-4-9-16-15-7-1-2-10-17(15)20-18(14)16/h1-30H;1-19,32H;1-11H. The van der Waals surface area contributed by atoms with Crippen LogP contribution in [0.3, 0.4) is 0 Å². The van der Waals surface area contributed by atoms with E-state index in [1.165, 1.54) is 150 Å². The molecule has 0 saturated heterocycles. The molecule has 2 heterocycles. The summed E-state index contributed by atoms with van der Waals surface area (Å²) >= 11 is 7.32. The summed E-state index contributed by atoms with van der Waals surface area (Å²) in [6.45, 7) is 0. The third-order valence-corrected chi connectivity index (χ3v) is 22.8. The van der Waals surface area contributed by atoms with Crippen molar-refractivity contribution >= 4 is 151 Å². The van der Waals surface area contributed by atoms with Gasteiger partial charge in [0.15, 0.2) is 0 Å². The number of hydrogen-bond acceptors (Lipinski definition) is 4. The molecule has 20 aromatic rings. The van der Waals surface area contributed by atoms with Crippen LogP contribution >= 0.6 is 38.6 Å². The van der Waals surface area contributed by atoms with Crippen molar-refractivity contribution in [3.63, 3.8) is 0 Å². The van der Waals surface area contributed by atoms with Crippen LogP contribution in [-0.2, 0) is 0 Å². The molecule has 0 aliphatic heterocycles. The van der Waals surface area contributed by atoms with Gasteiger partial charge in [0, 0.05) is 55.6 Å². The lowest BCUT2D eigenvalue weighted by Crippen LogP contribution is -2.02. The molecule has 1 N–H and O–H groups in total. The van der Waals surface area contributed by atoms with E-state index in [0.717, 1.165) is 44.8 Å². The first-order chi connectivity index (χ1) is 50.5. The quantitative estimate of drug-likeness (QED) is 0.115. The van der Waals surface area contributed by atoms with E-state index in [1.54, 1.807) is 0 Å². The average Bonchev–Trinajstić information content (AvgIpc) is 1.07. The van der Waals surface area contributed by atoms with Crippen molar-refractivity contribution < 1.29 is 9.68 Å². The van der Waals surface area contributed by atoms with Crippen LogP contribution in [0.1, 0.15) is 0 Å². The molecule has 0 fully saturated rings. The van der Waals surface area contributed by atoms with Crippen LogP contribution in [0, 0.1) is 0 Å². The molecular weight excluding hydrogens is 1340 g/mol. The van der Waals surface area contributed by atoms with Crippen LogP contribution in [0.2, 0.25) is 0 Å². The first-order valence-electron chi connectivity index (χ1n) is 34.3. The highest BCUT2D eigenvalue weighted by Gasteiger charge is 2.21. The molecule has 0 aliphatic carbocycles. The molecule has 20 rings (SSSR count). The summed E-state index contributed by atoms with van der Waals surface area (Å²) < 4.78 is 12.1. The predicted molar refractivity (Wildman–Crippen MR) is 444 cm³/mol. The van der Waals surface area contributed by atoms with Crippen LogP contribution in [-0.4, -0.2) is 12.7 Å². The molecule has 0 spiro atoms. The van der Waals surface area contributed by atoms with Gasteiger partial charge in [-0.3, -0.25) is 0 Å². The molecule has 1 radical (unpaired) electrons. The van der Waals surface area contributed by atoms with Crippen molar-refractivity contribution in [2.24, 2.45) is 0 Å². The predicted octanol–water partition coefficient (Wildman–Crippen LogP) is 28.1. The van der Waals surface area contributed by atoms with Gasteiger partial charge in [-0.05, 0) is 186 Å². The largest absolute Gasteiger partial charge is 0.569 e. The third-order valence-electron chi connectivity index (χ3n) is 19.9. The Kier molecular flexibility index (Phi) is 16.6. The Bertz CT molecular complexity index is 6530. The third kappa shape index (κ3) is 11.5. The molecular formula is C96H61BBrO2S2. The molecule has 6 heteroatoms. The van der Waals surface area contributed by atoms with Gasteiger partial charge < -0.3 is 9.68 Å². The zero-order valence-corrected chi connectivity index (χ0v) is 58.5. The van der Waals surface area contributed by atoms with Gasteiger partial charge in [0.2, 0.25) is 0 Å². The van der Waals surface area contributed by atoms with Crippen LogP contribution in [0.5, 0.6) is 5.75 Å². The van der Waals surface area contributed by atoms with E-state index in [9.17, 15) is 5.02 Å². The molecule has 0 amide bonds. The van der Waals surface area contributed by atoms with E-state index in [1.807, 2.05) is 59.1 Å². The van der Waals surface area contributed by atoms with Crippen molar-refractivity contribution in [1.29, 1.82) is 0 Å². The summed E-state index contributed by atoms with van der Waals surface area (Å²) in [5.41, 5.74) is 17.3. The van der Waals surface area contributed by atoms with Gasteiger partial charge in [0.05, 0.1) is 0 Å². The topological polar surface area (TPSA) is 29.5 Å². The molecule has 0 bridgehead atoms. The van der Waals surface area contributed by atoms with Gasteiger partial charge in [-0.1, -0.05) is 325 Å². The van der Waals surface area contributed by atoms with E-state index in [4.69, 9.17) is 4.65 Å². The lowest BCUT2D eigenvalue weighted by molar-refractivity contribution is 0.459. The smallest absolute Gasteiger partial charge is 0.537 e. The Balaban J connectivity index is 0.000000121. The van der Waals surface area contributed by atoms with Crippen LogP contribution in [0.4, 0.5) is 0 Å². The fourth-order valence-corrected chi connectivity index (χ4v) is 18.1. The second kappa shape index (κ2) is 27.1. The van der Waals surface area contributed by atoms with E-state index in [-0.39, 0.29) is 0 Å². The molecule has 2 aromatic heterocycles. The maximum atomic E-state index is 9.42. The number of halogens is 1. The first-order valence-corrected chi connectivity index (χ1v) is 36.7. The SMILES string of the molecule is Brc1cccc(-c2cccc3c2sc2ccccc23)c1.O[B]Oc1c2ccccc2c(-c2cccc(-c3ccc4ccccc4c3)c2)c2ccccc12.c1cc(-c2ccc3ccccc3c2)cc(-c2c3ccccc3c(-c3cccc(-c4cccc5c4sc4ccccc45)c3)c3ccccc23)c1. The zero-order valence-electron chi connectivity index (χ0n) is 55.3. The number of benzene rings is 18. The summed E-state index contributed by atoms with van der Waals surface area (Å²) in [7, 11) is 0.758. The van der Waals surface area contributed by atoms with E-state index in [2.05, 4.69) is 344 Å². The summed E-state index contributed by atoms with van der Waals surface area (Å²) in [4.78, 5) is 0. The van der Waals surface area contributed by atoms with Gasteiger partial charge in [0.25, 0.3) is 0 Å². The van der Waals surface area contributed by atoms with Gasteiger partial charge in [0.1, 0.15) is 5.75 Å². The lowest BCUT2D eigenvalue weighted by atomic mass is 9.85. The van der Waals surface area contributed by atoms with E-state index >= 15 is 0 Å². The highest BCUT2D eigenvalue weighted by atomic mass is 79.9. The maximum absolute atomic E-state index is 9.42. The van der Waals surface area contributed by atoms with Crippen molar-refractivity contribution in [1.82, 2.24) is 0 Å². The number of rotatable bonds is 9. The Hall–Kier alpha value is -11.7. The lowest BCUT2D eigenvalue weighted by Gasteiger charge is -2.18. The molecule has 2 nitrogen and oxygen atoms in total. The van der Waals surface area contributed by atoms with Gasteiger partial charge in [-0.15, -0.1) is 22.7 Å². The van der Waals surface area contributed by atoms with Crippen molar-refractivity contribution in [2.45, 2.75) is 0 Å². The number of hydrogen-bond donors (Lipinski definition) is 1. The highest BCUT2D eigenvalue weighted by Crippen LogP contribution is 2.48. The highest BCUT2D eigenvalue weighted by molar-refractivity contribution is 9.10. The van der Waals surface area contributed by atoms with Crippen molar-refractivity contribution in [3.8, 4) is 83.6 Å². The minimum absolute atomic E-state index is 0.665. The van der Waals surface area contributed by atoms with E-state index < -0.39 is 0 Å². The molecule has 18 aromatic carbocycles. The monoisotopic (exact) mass is 1400 g/mol. The minimum atomic E-state index is 0.665. The van der Waals surface area contributed by atoms with Gasteiger partial charge >= 0.3 is 7.69 Å². The van der Waals surface area contributed by atoms with Crippen LogP contribution in [0.15, 0.2) is 368 Å². The number of fused-ring (bicyclic) bond motifs is 12.